The minimum absolute atomic E-state index is 0.0667. The zero-order valence-corrected chi connectivity index (χ0v) is 11.7. The number of carbonyl (C=O) groups is 1. The lowest BCUT2D eigenvalue weighted by Gasteiger charge is -2.23. The van der Waals surface area contributed by atoms with Gasteiger partial charge in [0.2, 0.25) is 0 Å². The maximum absolute atomic E-state index is 11.8. The molecule has 0 saturated heterocycles. The lowest BCUT2D eigenvalue weighted by molar-refractivity contribution is 0.0243. The molecule has 106 valence electrons. The summed E-state index contributed by atoms with van der Waals surface area (Å²) in [6.45, 7) is 2.07. The molecule has 1 aromatic carbocycles. The average Bonchev–Trinajstić information content (AvgIpc) is 2.34. The molecule has 0 heterocycles. The molecule has 1 aromatic rings. The Balaban J connectivity index is 2.60. The van der Waals surface area contributed by atoms with Crippen LogP contribution in [0.25, 0.3) is 0 Å². The average molecular weight is 288 g/mol. The summed E-state index contributed by atoms with van der Waals surface area (Å²) < 4.78 is 4.87. The molecule has 5 nitrogen and oxygen atoms in total. The first kappa shape index (κ1) is 15.8. The quantitative estimate of drug-likeness (QED) is 0.742. The van der Waals surface area contributed by atoms with E-state index < -0.39 is 11.5 Å². The minimum Gasteiger partial charge on any atom is -0.507 e. The molecular formula is C13H18ClNO4. The number of halogens is 1. The van der Waals surface area contributed by atoms with E-state index in [1.807, 2.05) is 0 Å². The van der Waals surface area contributed by atoms with Gasteiger partial charge in [-0.3, -0.25) is 4.79 Å². The number of methoxy groups -OCH3 is 1. The molecule has 0 bridgehead atoms. The molecule has 0 radical (unpaired) electrons. The Labute approximate surface area is 117 Å². The lowest BCUT2D eigenvalue weighted by Crippen LogP contribution is -2.41. The van der Waals surface area contributed by atoms with Gasteiger partial charge in [-0.1, -0.05) is 11.6 Å². The first-order valence-corrected chi connectivity index (χ1v) is 6.21. The van der Waals surface area contributed by atoms with Crippen LogP contribution in [0.5, 0.6) is 5.75 Å². The normalized spacial score (nSPS) is 13.9. The third-order valence-corrected chi connectivity index (χ3v) is 2.91. The molecular weight excluding hydrogens is 270 g/mol. The van der Waals surface area contributed by atoms with E-state index in [0.717, 1.165) is 0 Å². The first-order chi connectivity index (χ1) is 8.85. The smallest absolute Gasteiger partial charge is 0.255 e. The highest BCUT2D eigenvalue weighted by molar-refractivity contribution is 6.30. The summed E-state index contributed by atoms with van der Waals surface area (Å²) >= 11 is 5.68. The molecule has 19 heavy (non-hydrogen) atoms. The van der Waals surface area contributed by atoms with E-state index in [0.29, 0.717) is 18.1 Å². The van der Waals surface area contributed by atoms with Gasteiger partial charge < -0.3 is 20.3 Å². The minimum atomic E-state index is -1.06. The number of amides is 1. The Morgan fingerprint density at radius 3 is 2.79 bits per heavy atom. The van der Waals surface area contributed by atoms with E-state index in [2.05, 4.69) is 5.32 Å². The van der Waals surface area contributed by atoms with Crippen molar-refractivity contribution in [3.63, 3.8) is 0 Å². The van der Waals surface area contributed by atoms with Crippen molar-refractivity contribution in [1.29, 1.82) is 0 Å². The Hall–Kier alpha value is -1.30. The second-order valence-corrected chi connectivity index (χ2v) is 5.02. The number of rotatable bonds is 6. The van der Waals surface area contributed by atoms with E-state index in [1.165, 1.54) is 18.2 Å². The molecule has 0 aliphatic heterocycles. The number of aromatic hydroxyl groups is 1. The van der Waals surface area contributed by atoms with Crippen LogP contribution in [0.1, 0.15) is 23.7 Å². The van der Waals surface area contributed by atoms with E-state index in [4.69, 9.17) is 16.3 Å². The van der Waals surface area contributed by atoms with Gasteiger partial charge in [0.1, 0.15) is 5.75 Å². The number of benzene rings is 1. The molecule has 0 fully saturated rings. The Kier molecular flexibility index (Phi) is 5.60. The van der Waals surface area contributed by atoms with Crippen LogP contribution in [0.15, 0.2) is 18.2 Å². The fraction of sp³-hybridized carbons (Fsp3) is 0.462. The zero-order valence-electron chi connectivity index (χ0n) is 10.9. The second-order valence-electron chi connectivity index (χ2n) is 4.58. The van der Waals surface area contributed by atoms with E-state index in [9.17, 15) is 15.0 Å². The van der Waals surface area contributed by atoms with E-state index in [1.54, 1.807) is 14.0 Å². The largest absolute Gasteiger partial charge is 0.507 e. The number of carbonyl (C=O) groups excluding carboxylic acids is 1. The van der Waals surface area contributed by atoms with Gasteiger partial charge in [0.25, 0.3) is 5.91 Å². The van der Waals surface area contributed by atoms with Crippen LogP contribution in [0.4, 0.5) is 0 Å². The monoisotopic (exact) mass is 287 g/mol. The van der Waals surface area contributed by atoms with Crippen molar-refractivity contribution in [2.24, 2.45) is 0 Å². The molecule has 0 aliphatic rings. The maximum Gasteiger partial charge on any atom is 0.255 e. The molecule has 6 heteroatoms. The summed E-state index contributed by atoms with van der Waals surface area (Å²) in [5.74, 6) is -0.659. The summed E-state index contributed by atoms with van der Waals surface area (Å²) in [5.41, 5.74) is -0.944. The Morgan fingerprint density at radius 2 is 2.21 bits per heavy atom. The number of hydrogen-bond acceptors (Lipinski definition) is 4. The third kappa shape index (κ3) is 5.06. The summed E-state index contributed by atoms with van der Waals surface area (Å²) in [6, 6.07) is 4.23. The molecule has 0 spiro atoms. The molecule has 1 unspecified atom stereocenters. The highest BCUT2D eigenvalue weighted by atomic mass is 35.5. The summed E-state index contributed by atoms with van der Waals surface area (Å²) in [5, 5.41) is 22.5. The highest BCUT2D eigenvalue weighted by Gasteiger charge is 2.22. The van der Waals surface area contributed by atoms with Crippen molar-refractivity contribution in [3.05, 3.63) is 28.8 Å². The fourth-order valence-electron chi connectivity index (χ4n) is 1.47. The zero-order chi connectivity index (χ0) is 14.5. The SMILES string of the molecule is COCCC(C)(O)CNC(=O)c1ccc(Cl)cc1O. The predicted molar refractivity (Wildman–Crippen MR) is 72.6 cm³/mol. The molecule has 1 amide bonds. The van der Waals surface area contributed by atoms with Crippen LogP contribution >= 0.6 is 11.6 Å². The molecule has 3 N–H and O–H groups in total. The Morgan fingerprint density at radius 1 is 1.53 bits per heavy atom. The van der Waals surface area contributed by atoms with Gasteiger partial charge >= 0.3 is 0 Å². The molecule has 0 aliphatic carbocycles. The van der Waals surface area contributed by atoms with Crippen molar-refractivity contribution < 1.29 is 19.7 Å². The van der Waals surface area contributed by atoms with Crippen LogP contribution in [-0.4, -0.2) is 42.0 Å². The van der Waals surface area contributed by atoms with Crippen molar-refractivity contribution in [2.75, 3.05) is 20.3 Å². The van der Waals surface area contributed by atoms with Gasteiger partial charge in [-0.15, -0.1) is 0 Å². The van der Waals surface area contributed by atoms with Crippen LogP contribution < -0.4 is 5.32 Å². The standard InChI is InChI=1S/C13H18ClNO4/c1-13(18,5-6-19-2)8-15-12(17)10-4-3-9(14)7-11(10)16/h3-4,7,16,18H,5-6,8H2,1-2H3,(H,15,17). The summed E-state index contributed by atoms with van der Waals surface area (Å²) in [7, 11) is 1.54. The predicted octanol–water partition coefficient (Wildman–Crippen LogP) is 1.56. The van der Waals surface area contributed by atoms with Gasteiger partial charge in [-0.25, -0.2) is 0 Å². The maximum atomic E-state index is 11.8. The summed E-state index contributed by atoms with van der Waals surface area (Å²) in [4.78, 5) is 11.8. The number of phenols is 1. The van der Waals surface area contributed by atoms with Gasteiger partial charge in [-0.2, -0.15) is 0 Å². The second kappa shape index (κ2) is 6.75. The van der Waals surface area contributed by atoms with Crippen molar-refractivity contribution in [1.82, 2.24) is 5.32 Å². The number of hydrogen-bond donors (Lipinski definition) is 3. The number of aliphatic hydroxyl groups is 1. The van der Waals surface area contributed by atoms with Crippen LogP contribution in [-0.2, 0) is 4.74 Å². The number of nitrogens with one attached hydrogen (secondary N) is 1. The van der Waals surface area contributed by atoms with Crippen LogP contribution in [0, 0.1) is 0 Å². The first-order valence-electron chi connectivity index (χ1n) is 5.84. The van der Waals surface area contributed by atoms with E-state index in [-0.39, 0.29) is 17.9 Å². The van der Waals surface area contributed by atoms with Crippen LogP contribution in [0.2, 0.25) is 5.02 Å². The van der Waals surface area contributed by atoms with Gasteiger partial charge in [0, 0.05) is 31.7 Å². The van der Waals surface area contributed by atoms with Crippen molar-refractivity contribution >= 4 is 17.5 Å². The molecule has 0 aromatic heterocycles. The van der Waals surface area contributed by atoms with Gasteiger partial charge in [-0.05, 0) is 25.1 Å². The third-order valence-electron chi connectivity index (χ3n) is 2.68. The van der Waals surface area contributed by atoms with Gasteiger partial charge in [0.05, 0.1) is 11.2 Å². The lowest BCUT2D eigenvalue weighted by atomic mass is 10.0. The fourth-order valence-corrected chi connectivity index (χ4v) is 1.64. The van der Waals surface area contributed by atoms with Gasteiger partial charge in [0.15, 0.2) is 0 Å². The molecule has 0 saturated carbocycles. The van der Waals surface area contributed by atoms with Crippen molar-refractivity contribution in [2.45, 2.75) is 18.9 Å². The highest BCUT2D eigenvalue weighted by Crippen LogP contribution is 2.21. The molecule has 1 atom stereocenters. The summed E-state index contributed by atoms with van der Waals surface area (Å²) in [6.07, 6.45) is 0.399. The number of ether oxygens (including phenoxy) is 1. The van der Waals surface area contributed by atoms with Crippen LogP contribution in [0.3, 0.4) is 0 Å². The molecule has 1 rings (SSSR count). The topological polar surface area (TPSA) is 78.8 Å². The Bertz CT molecular complexity index is 448. The number of phenolic OH excluding ortho intramolecular Hbond substituents is 1. The van der Waals surface area contributed by atoms with Crippen molar-refractivity contribution in [3.8, 4) is 5.75 Å². The van der Waals surface area contributed by atoms with E-state index >= 15 is 0 Å².